The molecule has 132 valence electrons. The van der Waals surface area contributed by atoms with Gasteiger partial charge in [-0.25, -0.2) is 8.42 Å². The quantitative estimate of drug-likeness (QED) is 0.290. The molecule has 0 amide bonds. The molecule has 6 nitrogen and oxygen atoms in total. The van der Waals surface area contributed by atoms with Gasteiger partial charge in [0, 0.05) is 18.5 Å². The first-order valence-electron chi connectivity index (χ1n) is 6.16. The van der Waals surface area contributed by atoms with E-state index in [1.807, 2.05) is 0 Å². The van der Waals surface area contributed by atoms with Gasteiger partial charge < -0.3 is 15.8 Å². The predicted octanol–water partition coefficient (Wildman–Crippen LogP) is 2.36. The third-order valence-electron chi connectivity index (χ3n) is 2.32. The number of halogens is 4. The Bertz CT molecular complexity index is 619. The van der Waals surface area contributed by atoms with Crippen molar-refractivity contribution in [1.82, 2.24) is 0 Å². The Balaban J connectivity index is 0.00000484. The molecular weight excluding hydrogens is 450 g/mol. The maximum Gasteiger partial charge on any atom is 0.573 e. The van der Waals surface area contributed by atoms with Gasteiger partial charge in [-0.2, -0.15) is 0 Å². The third-order valence-corrected chi connectivity index (χ3v) is 3.35. The smallest absolute Gasteiger partial charge is 0.406 e. The zero-order valence-corrected chi connectivity index (χ0v) is 15.3. The van der Waals surface area contributed by atoms with Crippen LogP contribution in [0.1, 0.15) is 6.42 Å². The minimum absolute atomic E-state index is 0. The van der Waals surface area contributed by atoms with E-state index < -0.39 is 16.2 Å². The molecule has 0 bridgehead atoms. The second kappa shape index (κ2) is 9.15. The van der Waals surface area contributed by atoms with E-state index in [4.69, 9.17) is 5.73 Å². The summed E-state index contributed by atoms with van der Waals surface area (Å²) in [6.45, 7) is 0.223. The number of guanidine groups is 1. The van der Waals surface area contributed by atoms with E-state index in [0.717, 1.165) is 18.4 Å². The summed E-state index contributed by atoms with van der Waals surface area (Å²) in [5.74, 6) is -0.299. The lowest BCUT2D eigenvalue weighted by atomic mass is 10.3. The van der Waals surface area contributed by atoms with Crippen molar-refractivity contribution in [2.24, 2.45) is 10.7 Å². The number of hydrogen-bond acceptors (Lipinski definition) is 4. The molecule has 0 saturated carbocycles. The molecule has 0 heterocycles. The molecule has 1 rings (SSSR count). The monoisotopic (exact) mass is 467 g/mol. The van der Waals surface area contributed by atoms with Gasteiger partial charge in [0.2, 0.25) is 0 Å². The zero-order valence-electron chi connectivity index (χ0n) is 12.1. The van der Waals surface area contributed by atoms with Crippen molar-refractivity contribution in [3.8, 4) is 5.75 Å². The number of nitrogens with one attached hydrogen (secondary N) is 1. The van der Waals surface area contributed by atoms with Gasteiger partial charge in [0.25, 0.3) is 0 Å². The summed E-state index contributed by atoms with van der Waals surface area (Å²) in [4.78, 5) is 3.91. The fraction of sp³-hybridized carbons (Fsp3) is 0.417. The Morgan fingerprint density at radius 2 is 1.87 bits per heavy atom. The number of anilines is 1. The first-order valence-corrected chi connectivity index (χ1v) is 8.22. The molecule has 0 saturated heterocycles. The summed E-state index contributed by atoms with van der Waals surface area (Å²) >= 11 is 0. The summed E-state index contributed by atoms with van der Waals surface area (Å²) in [5.41, 5.74) is 6.00. The maximum atomic E-state index is 12.0. The number of hydrogen-bond donors (Lipinski definition) is 2. The second-order valence-corrected chi connectivity index (χ2v) is 6.71. The molecule has 0 spiro atoms. The van der Waals surface area contributed by atoms with Crippen LogP contribution in [0.3, 0.4) is 0 Å². The highest BCUT2D eigenvalue weighted by Gasteiger charge is 2.30. The second-order valence-electron chi connectivity index (χ2n) is 4.45. The Labute approximate surface area is 149 Å². The Kier molecular flexibility index (Phi) is 8.66. The van der Waals surface area contributed by atoms with Crippen LogP contribution in [0, 0.1) is 0 Å². The van der Waals surface area contributed by atoms with Crippen LogP contribution >= 0.6 is 24.0 Å². The Hall–Kier alpha value is -1.24. The van der Waals surface area contributed by atoms with E-state index in [0.29, 0.717) is 12.1 Å². The molecule has 0 atom stereocenters. The van der Waals surface area contributed by atoms with Crippen LogP contribution in [0.15, 0.2) is 29.3 Å². The summed E-state index contributed by atoms with van der Waals surface area (Å²) in [6, 6.07) is 4.96. The summed E-state index contributed by atoms with van der Waals surface area (Å²) < 4.78 is 61.5. The van der Waals surface area contributed by atoms with Gasteiger partial charge in [0.15, 0.2) is 5.96 Å². The number of nitrogens with zero attached hydrogens (tertiary/aromatic N) is 1. The summed E-state index contributed by atoms with van der Waals surface area (Å²) in [5, 5.41) is 2.67. The molecule has 0 aliphatic carbocycles. The predicted molar refractivity (Wildman–Crippen MR) is 93.0 cm³/mol. The van der Waals surface area contributed by atoms with Crippen LogP contribution in [-0.2, 0) is 9.84 Å². The van der Waals surface area contributed by atoms with Crippen molar-refractivity contribution in [1.29, 1.82) is 0 Å². The van der Waals surface area contributed by atoms with E-state index in [-0.39, 0.29) is 48.0 Å². The largest absolute Gasteiger partial charge is 0.573 e. The third kappa shape index (κ3) is 11.0. The molecule has 0 aromatic heterocycles. The lowest BCUT2D eigenvalue weighted by Gasteiger charge is -2.10. The van der Waals surface area contributed by atoms with E-state index in [1.54, 1.807) is 0 Å². The SMILES string of the molecule is CS(=O)(=O)CCCN=C(N)Nc1ccc(OC(F)(F)F)cc1.I. The highest BCUT2D eigenvalue weighted by atomic mass is 127. The minimum atomic E-state index is -4.74. The maximum absolute atomic E-state index is 12.0. The average molecular weight is 467 g/mol. The molecule has 11 heteroatoms. The number of aliphatic imine (C=N–C) groups is 1. The molecule has 0 unspecified atom stereocenters. The molecule has 1 aromatic carbocycles. The van der Waals surface area contributed by atoms with E-state index in [2.05, 4.69) is 15.0 Å². The molecule has 0 fully saturated rings. The van der Waals surface area contributed by atoms with Gasteiger partial charge in [-0.1, -0.05) is 0 Å². The summed E-state index contributed by atoms with van der Waals surface area (Å²) in [6.07, 6.45) is -3.28. The van der Waals surface area contributed by atoms with Crippen molar-refractivity contribution in [3.05, 3.63) is 24.3 Å². The van der Waals surface area contributed by atoms with E-state index in [1.165, 1.54) is 12.1 Å². The van der Waals surface area contributed by atoms with E-state index >= 15 is 0 Å². The van der Waals surface area contributed by atoms with Crippen molar-refractivity contribution in [2.75, 3.05) is 23.9 Å². The van der Waals surface area contributed by atoms with Crippen LogP contribution in [0.25, 0.3) is 0 Å². The standard InChI is InChI=1S/C12H16F3N3O3S.HI/c1-22(19,20)8-2-7-17-11(16)18-9-3-5-10(6-4-9)21-12(13,14)15;/h3-6H,2,7-8H2,1H3,(H3,16,17,18);1H. The van der Waals surface area contributed by atoms with Crippen LogP contribution in [0.2, 0.25) is 0 Å². The van der Waals surface area contributed by atoms with E-state index in [9.17, 15) is 21.6 Å². The Morgan fingerprint density at radius 1 is 1.30 bits per heavy atom. The van der Waals surface area contributed by atoms with Gasteiger partial charge in [-0.3, -0.25) is 4.99 Å². The number of ether oxygens (including phenoxy) is 1. The minimum Gasteiger partial charge on any atom is -0.406 e. The van der Waals surface area contributed by atoms with Crippen molar-refractivity contribution >= 4 is 45.5 Å². The first-order chi connectivity index (χ1) is 10.1. The van der Waals surface area contributed by atoms with Gasteiger partial charge in [0.1, 0.15) is 15.6 Å². The van der Waals surface area contributed by atoms with Crippen molar-refractivity contribution < 1.29 is 26.3 Å². The number of nitrogens with two attached hydrogens (primary N) is 1. The van der Waals surface area contributed by atoms with Crippen LogP contribution in [-0.4, -0.2) is 39.3 Å². The Morgan fingerprint density at radius 3 is 2.35 bits per heavy atom. The summed E-state index contributed by atoms with van der Waals surface area (Å²) in [7, 11) is -3.04. The van der Waals surface area contributed by atoms with Crippen molar-refractivity contribution in [3.63, 3.8) is 0 Å². The lowest BCUT2D eigenvalue weighted by Crippen LogP contribution is -2.23. The normalized spacial score (nSPS) is 12.4. The first kappa shape index (κ1) is 21.8. The molecule has 0 aliphatic heterocycles. The molecular formula is C12H17F3IN3O3S. The van der Waals surface area contributed by atoms with Crippen molar-refractivity contribution in [2.45, 2.75) is 12.8 Å². The average Bonchev–Trinajstić information content (AvgIpc) is 2.34. The number of alkyl halides is 3. The number of sulfone groups is 1. The zero-order chi connectivity index (χ0) is 16.8. The van der Waals surface area contributed by atoms with Gasteiger partial charge in [0.05, 0.1) is 5.75 Å². The highest BCUT2D eigenvalue weighted by Crippen LogP contribution is 2.23. The highest BCUT2D eigenvalue weighted by molar-refractivity contribution is 14.0. The fourth-order valence-electron chi connectivity index (χ4n) is 1.45. The van der Waals surface area contributed by atoms with Gasteiger partial charge in [-0.05, 0) is 30.7 Å². The number of rotatable bonds is 6. The van der Waals surface area contributed by atoms with Crippen LogP contribution in [0.4, 0.5) is 18.9 Å². The van der Waals surface area contributed by atoms with Crippen LogP contribution < -0.4 is 15.8 Å². The molecule has 0 aliphatic rings. The molecule has 1 aromatic rings. The topological polar surface area (TPSA) is 93.8 Å². The molecule has 23 heavy (non-hydrogen) atoms. The van der Waals surface area contributed by atoms with Crippen LogP contribution in [0.5, 0.6) is 5.75 Å². The fourth-order valence-corrected chi connectivity index (χ4v) is 2.11. The number of benzene rings is 1. The lowest BCUT2D eigenvalue weighted by molar-refractivity contribution is -0.274. The molecule has 3 N–H and O–H groups in total. The van der Waals surface area contributed by atoms with Gasteiger partial charge >= 0.3 is 6.36 Å². The molecule has 0 radical (unpaired) electrons. The van der Waals surface area contributed by atoms with Gasteiger partial charge in [-0.15, -0.1) is 37.1 Å².